The summed E-state index contributed by atoms with van der Waals surface area (Å²) in [6.07, 6.45) is 1.77. The van der Waals surface area contributed by atoms with E-state index in [9.17, 15) is 18.0 Å². The van der Waals surface area contributed by atoms with E-state index in [4.69, 9.17) is 14.2 Å². The van der Waals surface area contributed by atoms with Crippen molar-refractivity contribution in [2.24, 2.45) is 0 Å². The first-order valence-corrected chi connectivity index (χ1v) is 11.8. The lowest BCUT2D eigenvalue weighted by atomic mass is 9.82. The van der Waals surface area contributed by atoms with Gasteiger partial charge in [0.05, 0.1) is 24.5 Å². The molecule has 1 amide bonds. The Bertz CT molecular complexity index is 827. The van der Waals surface area contributed by atoms with Gasteiger partial charge in [-0.05, 0) is 13.8 Å². The minimum atomic E-state index is -3.31. The fraction of sp³-hybridized carbons (Fsp3) is 0.789. The summed E-state index contributed by atoms with van der Waals surface area (Å²) in [6, 6.07) is 0. The molecule has 0 aromatic carbocycles. The van der Waals surface area contributed by atoms with Crippen LogP contribution in [-0.4, -0.2) is 86.0 Å². The number of carbonyl (C=O) groups excluding carboxylic acids is 2. The van der Waals surface area contributed by atoms with Gasteiger partial charge < -0.3 is 19.1 Å². The first-order chi connectivity index (χ1) is 13.7. The van der Waals surface area contributed by atoms with Crippen LogP contribution in [0.1, 0.15) is 39.5 Å². The van der Waals surface area contributed by atoms with E-state index in [-0.39, 0.29) is 24.7 Å². The average molecular weight is 429 g/mol. The molecule has 0 saturated carbocycles. The lowest BCUT2D eigenvalue weighted by Gasteiger charge is -2.41. The molecule has 4 aliphatic rings. The zero-order chi connectivity index (χ0) is 20.9. The number of carbonyl (C=O) groups is 2. The Balaban J connectivity index is 1.51. The maximum atomic E-state index is 13.4. The molecule has 3 fully saturated rings. The number of rotatable bonds is 3. The summed E-state index contributed by atoms with van der Waals surface area (Å²) >= 11 is 0. The summed E-state index contributed by atoms with van der Waals surface area (Å²) in [5.74, 6) is -1.25. The van der Waals surface area contributed by atoms with Gasteiger partial charge in [0.2, 0.25) is 10.0 Å². The monoisotopic (exact) mass is 428 g/mol. The third-order valence-electron chi connectivity index (χ3n) is 6.55. The molecule has 0 aromatic rings. The smallest absolute Gasteiger partial charge is 0.335 e. The van der Waals surface area contributed by atoms with Crippen molar-refractivity contribution in [1.29, 1.82) is 0 Å². The van der Waals surface area contributed by atoms with Crippen LogP contribution >= 0.6 is 0 Å². The lowest BCUT2D eigenvalue weighted by molar-refractivity contribution is -0.187. The SMILES string of the molecule is CCS(=O)(=O)N1CCC2(CC1)OC(=O)C(C)=C2C(=O)N1CCC2(CC1)OCCO2. The Kier molecular flexibility index (Phi) is 5.25. The molecule has 9 nitrogen and oxygen atoms in total. The van der Waals surface area contributed by atoms with Crippen molar-refractivity contribution in [3.05, 3.63) is 11.1 Å². The van der Waals surface area contributed by atoms with Gasteiger partial charge in [-0.15, -0.1) is 0 Å². The number of piperidine rings is 2. The van der Waals surface area contributed by atoms with Gasteiger partial charge in [-0.1, -0.05) is 0 Å². The Morgan fingerprint density at radius 1 is 1.03 bits per heavy atom. The quantitative estimate of drug-likeness (QED) is 0.600. The molecule has 3 saturated heterocycles. The fourth-order valence-corrected chi connectivity index (χ4v) is 5.86. The van der Waals surface area contributed by atoms with Crippen LogP contribution in [0, 0.1) is 0 Å². The Labute approximate surface area is 171 Å². The van der Waals surface area contributed by atoms with E-state index in [0.717, 1.165) is 0 Å². The van der Waals surface area contributed by atoms with Gasteiger partial charge in [0.25, 0.3) is 5.91 Å². The first kappa shape index (κ1) is 20.8. The molecule has 4 rings (SSSR count). The topological polar surface area (TPSA) is 102 Å². The molecular weight excluding hydrogens is 400 g/mol. The number of amides is 1. The van der Waals surface area contributed by atoms with Crippen LogP contribution in [0.15, 0.2) is 11.1 Å². The van der Waals surface area contributed by atoms with Crippen molar-refractivity contribution >= 4 is 21.9 Å². The van der Waals surface area contributed by atoms with Gasteiger partial charge in [0.1, 0.15) is 5.60 Å². The molecule has 0 atom stereocenters. The highest BCUT2D eigenvalue weighted by atomic mass is 32.2. The molecule has 4 aliphatic heterocycles. The predicted molar refractivity (Wildman–Crippen MR) is 102 cm³/mol. The molecule has 2 spiro atoms. The highest BCUT2D eigenvalue weighted by Crippen LogP contribution is 2.43. The predicted octanol–water partition coefficient (Wildman–Crippen LogP) is 0.410. The molecule has 0 N–H and O–H groups in total. The van der Waals surface area contributed by atoms with Crippen molar-refractivity contribution in [3.8, 4) is 0 Å². The van der Waals surface area contributed by atoms with Gasteiger partial charge >= 0.3 is 5.97 Å². The van der Waals surface area contributed by atoms with Crippen molar-refractivity contribution in [3.63, 3.8) is 0 Å². The lowest BCUT2D eigenvalue weighted by Crippen LogP contribution is -2.53. The number of hydrogen-bond acceptors (Lipinski definition) is 7. The van der Waals surface area contributed by atoms with Crippen LogP contribution in [0.25, 0.3) is 0 Å². The van der Waals surface area contributed by atoms with E-state index in [0.29, 0.717) is 63.1 Å². The number of likely N-dealkylation sites (tertiary alicyclic amines) is 1. The standard InChI is InChI=1S/C19H28N2O7S/c1-3-29(24,25)21-10-4-18(5-11-21)15(14(2)17(23)28-18)16(22)20-8-6-19(7-9-20)26-12-13-27-19/h3-13H2,1-2H3. The summed E-state index contributed by atoms with van der Waals surface area (Å²) in [5, 5.41) is 0. The Morgan fingerprint density at radius 2 is 1.62 bits per heavy atom. The van der Waals surface area contributed by atoms with Gasteiger partial charge in [-0.2, -0.15) is 0 Å². The van der Waals surface area contributed by atoms with Crippen LogP contribution < -0.4 is 0 Å². The van der Waals surface area contributed by atoms with E-state index >= 15 is 0 Å². The number of hydrogen-bond donors (Lipinski definition) is 0. The van der Waals surface area contributed by atoms with Crippen LogP contribution in [0.3, 0.4) is 0 Å². The van der Waals surface area contributed by atoms with Crippen molar-refractivity contribution in [2.45, 2.75) is 50.9 Å². The minimum absolute atomic E-state index is 0.0279. The highest BCUT2D eigenvalue weighted by Gasteiger charge is 2.53. The van der Waals surface area contributed by atoms with Crippen LogP contribution in [0.4, 0.5) is 0 Å². The summed E-state index contributed by atoms with van der Waals surface area (Å²) < 4.78 is 42.9. The zero-order valence-corrected chi connectivity index (χ0v) is 17.8. The van der Waals surface area contributed by atoms with Gasteiger partial charge in [-0.3, -0.25) is 4.79 Å². The molecule has 0 unspecified atom stereocenters. The van der Waals surface area contributed by atoms with Gasteiger partial charge in [-0.25, -0.2) is 17.5 Å². The molecule has 0 radical (unpaired) electrons. The minimum Gasteiger partial charge on any atom is -0.450 e. The molecule has 0 bridgehead atoms. The Morgan fingerprint density at radius 3 is 2.17 bits per heavy atom. The molecule has 0 aromatic heterocycles. The second-order valence-electron chi connectivity index (χ2n) is 8.08. The normalized spacial score (nSPS) is 27.1. The highest BCUT2D eigenvalue weighted by molar-refractivity contribution is 7.89. The largest absolute Gasteiger partial charge is 0.450 e. The number of ether oxygens (including phenoxy) is 3. The average Bonchev–Trinajstić information content (AvgIpc) is 3.25. The number of nitrogens with zero attached hydrogens (tertiary/aromatic N) is 2. The third kappa shape index (κ3) is 3.49. The van der Waals surface area contributed by atoms with Crippen LogP contribution in [-0.2, 0) is 33.8 Å². The molecular formula is C19H28N2O7S. The maximum absolute atomic E-state index is 13.4. The second kappa shape index (κ2) is 7.33. The van der Waals surface area contributed by atoms with Crippen LogP contribution in [0.5, 0.6) is 0 Å². The van der Waals surface area contributed by atoms with E-state index in [2.05, 4.69) is 0 Å². The van der Waals surface area contributed by atoms with Crippen molar-refractivity contribution in [2.75, 3.05) is 45.1 Å². The fourth-order valence-electron chi connectivity index (χ4n) is 4.76. The van der Waals surface area contributed by atoms with E-state index < -0.39 is 27.4 Å². The Hall–Kier alpha value is -1.49. The van der Waals surface area contributed by atoms with Crippen molar-refractivity contribution < 1.29 is 32.2 Å². The van der Waals surface area contributed by atoms with E-state index in [1.54, 1.807) is 18.7 Å². The summed E-state index contributed by atoms with van der Waals surface area (Å²) in [4.78, 5) is 27.5. The second-order valence-corrected chi connectivity index (χ2v) is 10.3. The molecule has 29 heavy (non-hydrogen) atoms. The summed E-state index contributed by atoms with van der Waals surface area (Å²) in [7, 11) is -3.31. The maximum Gasteiger partial charge on any atom is 0.335 e. The number of sulfonamides is 1. The van der Waals surface area contributed by atoms with E-state index in [1.165, 1.54) is 4.31 Å². The molecule has 162 valence electrons. The van der Waals surface area contributed by atoms with Crippen molar-refractivity contribution in [1.82, 2.24) is 9.21 Å². The van der Waals surface area contributed by atoms with E-state index in [1.807, 2.05) is 0 Å². The third-order valence-corrected chi connectivity index (χ3v) is 8.43. The first-order valence-electron chi connectivity index (χ1n) is 10.2. The summed E-state index contributed by atoms with van der Waals surface area (Å²) in [6.45, 7) is 5.80. The molecule has 0 aliphatic carbocycles. The molecule has 10 heteroatoms. The number of esters is 1. The van der Waals surface area contributed by atoms with Crippen LogP contribution in [0.2, 0.25) is 0 Å². The molecule has 4 heterocycles. The zero-order valence-electron chi connectivity index (χ0n) is 16.9. The van der Waals surface area contributed by atoms with Gasteiger partial charge in [0, 0.05) is 57.4 Å². The summed E-state index contributed by atoms with van der Waals surface area (Å²) in [5.41, 5.74) is -0.316. The van der Waals surface area contributed by atoms with Gasteiger partial charge in [0.15, 0.2) is 5.79 Å².